The quantitative estimate of drug-likeness (QED) is 0.798. The zero-order valence-corrected chi connectivity index (χ0v) is 8.85. The number of anilines is 1. The van der Waals surface area contributed by atoms with Crippen molar-refractivity contribution in [2.75, 3.05) is 12.8 Å². The Labute approximate surface area is 88.7 Å². The van der Waals surface area contributed by atoms with Crippen molar-refractivity contribution in [1.29, 1.82) is 0 Å². The van der Waals surface area contributed by atoms with Crippen LogP contribution in [0.15, 0.2) is 23.1 Å². The average molecular weight is 208 g/mol. The summed E-state index contributed by atoms with van der Waals surface area (Å²) >= 11 is 0. The smallest absolute Gasteiger partial charge is 0.273 e. The summed E-state index contributed by atoms with van der Waals surface area (Å²) in [5.74, 6) is 0.614. The van der Waals surface area contributed by atoms with Gasteiger partial charge in [-0.15, -0.1) is 0 Å². The molecule has 1 aliphatic carbocycles. The first-order valence-corrected chi connectivity index (χ1v) is 5.20. The molecular formula is C11H16N2O2. The Balaban J connectivity index is 2.15. The van der Waals surface area contributed by atoms with Gasteiger partial charge >= 0.3 is 0 Å². The number of nitrogens with zero attached hydrogens (tertiary/aromatic N) is 1. The van der Waals surface area contributed by atoms with Crippen LogP contribution in [0.25, 0.3) is 0 Å². The summed E-state index contributed by atoms with van der Waals surface area (Å²) in [5.41, 5.74) is 5.73. The molecule has 1 aromatic rings. The van der Waals surface area contributed by atoms with E-state index < -0.39 is 0 Å². The molecule has 4 nitrogen and oxygen atoms in total. The van der Waals surface area contributed by atoms with E-state index in [4.69, 9.17) is 10.5 Å². The number of hydrogen-bond acceptors (Lipinski definition) is 3. The third-order valence-corrected chi connectivity index (χ3v) is 2.88. The molecule has 2 rings (SSSR count). The van der Waals surface area contributed by atoms with Gasteiger partial charge in [-0.25, -0.2) is 0 Å². The highest BCUT2D eigenvalue weighted by molar-refractivity contribution is 5.33. The number of ether oxygens (including phenoxy) is 1. The highest BCUT2D eigenvalue weighted by atomic mass is 16.5. The van der Waals surface area contributed by atoms with Crippen molar-refractivity contribution in [3.8, 4) is 0 Å². The van der Waals surface area contributed by atoms with Crippen LogP contribution in [-0.2, 0) is 11.3 Å². The Bertz CT molecular complexity index is 396. The zero-order valence-electron chi connectivity index (χ0n) is 8.85. The normalized spacial score (nSPS) is 17.7. The van der Waals surface area contributed by atoms with E-state index in [2.05, 4.69) is 0 Å². The van der Waals surface area contributed by atoms with Gasteiger partial charge in [-0.3, -0.25) is 4.79 Å². The van der Waals surface area contributed by atoms with Gasteiger partial charge in [0.2, 0.25) is 0 Å². The second-order valence-electron chi connectivity index (χ2n) is 4.03. The molecular weight excluding hydrogens is 192 g/mol. The van der Waals surface area contributed by atoms with Gasteiger partial charge in [-0.1, -0.05) is 0 Å². The lowest BCUT2D eigenvalue weighted by molar-refractivity contribution is 0.0691. The SMILES string of the molecule is COC(Cn1cccc(N)c1=O)C1CC1. The number of methoxy groups -OCH3 is 1. The molecule has 0 bridgehead atoms. The minimum atomic E-state index is -0.125. The van der Waals surface area contributed by atoms with Crippen LogP contribution in [0, 0.1) is 5.92 Å². The average Bonchev–Trinajstić information content (AvgIpc) is 3.04. The molecule has 1 saturated carbocycles. The van der Waals surface area contributed by atoms with E-state index in [0.717, 1.165) is 0 Å². The third-order valence-electron chi connectivity index (χ3n) is 2.88. The van der Waals surface area contributed by atoms with Gasteiger partial charge in [-0.2, -0.15) is 0 Å². The van der Waals surface area contributed by atoms with Crippen LogP contribution in [0.5, 0.6) is 0 Å². The summed E-state index contributed by atoms with van der Waals surface area (Å²) in [6.45, 7) is 0.602. The Morgan fingerprint density at radius 1 is 1.67 bits per heavy atom. The Morgan fingerprint density at radius 2 is 2.40 bits per heavy atom. The predicted molar refractivity (Wildman–Crippen MR) is 58.6 cm³/mol. The second-order valence-corrected chi connectivity index (χ2v) is 4.03. The molecule has 0 amide bonds. The summed E-state index contributed by atoms with van der Waals surface area (Å²) in [6.07, 6.45) is 4.31. The van der Waals surface area contributed by atoms with Gasteiger partial charge in [0, 0.05) is 13.3 Å². The highest BCUT2D eigenvalue weighted by Crippen LogP contribution is 2.34. The standard InChI is InChI=1S/C11H16N2O2/c1-15-10(8-4-5-8)7-13-6-2-3-9(12)11(13)14/h2-3,6,8,10H,4-5,7,12H2,1H3. The molecule has 0 saturated heterocycles. The largest absolute Gasteiger partial charge is 0.394 e. The minimum Gasteiger partial charge on any atom is -0.394 e. The molecule has 1 unspecified atom stereocenters. The fourth-order valence-corrected chi connectivity index (χ4v) is 1.78. The van der Waals surface area contributed by atoms with E-state index >= 15 is 0 Å². The topological polar surface area (TPSA) is 57.2 Å². The maximum absolute atomic E-state index is 11.6. The van der Waals surface area contributed by atoms with Crippen molar-refractivity contribution < 1.29 is 4.74 Å². The molecule has 1 aromatic heterocycles. The maximum Gasteiger partial charge on any atom is 0.273 e. The number of hydrogen-bond donors (Lipinski definition) is 1. The molecule has 1 heterocycles. The van der Waals surface area contributed by atoms with Crippen LogP contribution < -0.4 is 11.3 Å². The molecule has 0 spiro atoms. The highest BCUT2D eigenvalue weighted by Gasteiger charge is 2.31. The lowest BCUT2D eigenvalue weighted by atomic mass is 10.2. The molecule has 2 N–H and O–H groups in total. The third kappa shape index (κ3) is 2.21. The van der Waals surface area contributed by atoms with Crippen molar-refractivity contribution in [2.24, 2.45) is 5.92 Å². The Kier molecular flexibility index (Phi) is 2.77. The van der Waals surface area contributed by atoms with E-state index in [-0.39, 0.29) is 11.7 Å². The first-order valence-electron chi connectivity index (χ1n) is 5.20. The van der Waals surface area contributed by atoms with Gasteiger partial charge in [0.25, 0.3) is 5.56 Å². The molecule has 0 aliphatic heterocycles. The molecule has 1 fully saturated rings. The van der Waals surface area contributed by atoms with E-state index in [1.54, 1.807) is 30.0 Å². The van der Waals surface area contributed by atoms with E-state index in [0.29, 0.717) is 18.2 Å². The van der Waals surface area contributed by atoms with Gasteiger partial charge in [0.1, 0.15) is 0 Å². The van der Waals surface area contributed by atoms with Gasteiger partial charge in [0.05, 0.1) is 18.3 Å². The molecule has 0 aromatic carbocycles. The molecule has 1 atom stereocenters. The fraction of sp³-hybridized carbons (Fsp3) is 0.545. The van der Waals surface area contributed by atoms with E-state index in [9.17, 15) is 4.79 Å². The van der Waals surface area contributed by atoms with Crippen molar-refractivity contribution in [3.05, 3.63) is 28.7 Å². The summed E-state index contributed by atoms with van der Waals surface area (Å²) in [7, 11) is 1.69. The van der Waals surface area contributed by atoms with Crippen LogP contribution in [0.2, 0.25) is 0 Å². The first-order chi connectivity index (χ1) is 7.22. The Morgan fingerprint density at radius 3 is 3.00 bits per heavy atom. The number of rotatable bonds is 4. The molecule has 0 radical (unpaired) electrons. The number of nitrogen functional groups attached to an aromatic ring is 1. The summed E-state index contributed by atoms with van der Waals surface area (Å²) < 4.78 is 7.00. The monoisotopic (exact) mass is 208 g/mol. The maximum atomic E-state index is 11.6. The lowest BCUT2D eigenvalue weighted by Crippen LogP contribution is -2.29. The first kappa shape index (κ1) is 10.2. The molecule has 82 valence electrons. The number of aromatic nitrogens is 1. The van der Waals surface area contributed by atoms with Gasteiger partial charge < -0.3 is 15.0 Å². The van der Waals surface area contributed by atoms with Crippen LogP contribution in [-0.4, -0.2) is 17.8 Å². The summed E-state index contributed by atoms with van der Waals surface area (Å²) in [5, 5.41) is 0. The van der Waals surface area contributed by atoms with Gasteiger partial charge in [-0.05, 0) is 30.9 Å². The van der Waals surface area contributed by atoms with Crippen molar-refractivity contribution >= 4 is 5.69 Å². The van der Waals surface area contributed by atoms with Crippen LogP contribution in [0.1, 0.15) is 12.8 Å². The molecule has 15 heavy (non-hydrogen) atoms. The van der Waals surface area contributed by atoms with Gasteiger partial charge in [0.15, 0.2) is 0 Å². The van der Waals surface area contributed by atoms with Crippen LogP contribution in [0.3, 0.4) is 0 Å². The zero-order chi connectivity index (χ0) is 10.8. The van der Waals surface area contributed by atoms with Crippen molar-refractivity contribution in [1.82, 2.24) is 4.57 Å². The summed E-state index contributed by atoms with van der Waals surface area (Å²) in [6, 6.07) is 3.41. The van der Waals surface area contributed by atoms with Crippen molar-refractivity contribution in [2.45, 2.75) is 25.5 Å². The van der Waals surface area contributed by atoms with Crippen molar-refractivity contribution in [3.63, 3.8) is 0 Å². The predicted octanol–water partition coefficient (Wildman–Crippen LogP) is 0.856. The van der Waals surface area contributed by atoms with Crippen LogP contribution in [0.4, 0.5) is 5.69 Å². The lowest BCUT2D eigenvalue weighted by Gasteiger charge is -2.16. The number of nitrogens with two attached hydrogens (primary N) is 1. The van der Waals surface area contributed by atoms with Crippen LogP contribution >= 0.6 is 0 Å². The van der Waals surface area contributed by atoms with E-state index in [1.165, 1.54) is 12.8 Å². The van der Waals surface area contributed by atoms with E-state index in [1.807, 2.05) is 0 Å². The Hall–Kier alpha value is -1.29. The molecule has 1 aliphatic rings. The second kappa shape index (κ2) is 4.06. The minimum absolute atomic E-state index is 0.125. The fourth-order valence-electron chi connectivity index (χ4n) is 1.78. The summed E-state index contributed by atoms with van der Waals surface area (Å²) in [4.78, 5) is 11.6. The molecule has 4 heteroatoms. The number of pyridine rings is 1.